The quantitative estimate of drug-likeness (QED) is 0.176. The van der Waals surface area contributed by atoms with Gasteiger partial charge in [0.25, 0.3) is 0 Å². The highest BCUT2D eigenvalue weighted by Crippen LogP contribution is 2.64. The Morgan fingerprint density at radius 1 is 0.408 bits per heavy atom. The fourth-order valence-corrected chi connectivity index (χ4v) is 13.4. The first kappa shape index (κ1) is 42.3. The smallest absolute Gasteiger partial charge is 0.144 e. The van der Waals surface area contributed by atoms with E-state index in [1.54, 1.807) is 0 Å². The van der Waals surface area contributed by atoms with Crippen molar-refractivity contribution in [2.24, 2.45) is 0 Å². The zero-order valence-electron chi connectivity index (χ0n) is 42.4. The van der Waals surface area contributed by atoms with Crippen LogP contribution in [0, 0.1) is 6.92 Å². The Morgan fingerprint density at radius 2 is 0.915 bits per heavy atom. The van der Waals surface area contributed by atoms with Crippen molar-refractivity contribution in [3.8, 4) is 44.5 Å². The number of fused-ring (bicyclic) bond motifs is 19. The van der Waals surface area contributed by atoms with Crippen molar-refractivity contribution >= 4 is 60.9 Å². The van der Waals surface area contributed by atoms with Gasteiger partial charge in [0, 0.05) is 66.0 Å². The number of aryl methyl sites for hydroxylation is 1. The van der Waals surface area contributed by atoms with E-state index >= 15 is 0 Å². The average molecular weight is 920 g/mol. The third kappa shape index (κ3) is 5.61. The highest BCUT2D eigenvalue weighted by Gasteiger charge is 2.49. The Balaban J connectivity index is 0.990. The molecule has 14 rings (SSSR count). The lowest BCUT2D eigenvalue weighted by Gasteiger charge is -2.32. The minimum Gasteiger partial charge on any atom is -0.455 e. The Bertz CT molecular complexity index is 4110. The summed E-state index contributed by atoms with van der Waals surface area (Å²) in [6, 6.07) is 61.3. The summed E-state index contributed by atoms with van der Waals surface area (Å²) in [6.45, 7) is 23.6. The number of rotatable bonds is 4. The van der Waals surface area contributed by atoms with Gasteiger partial charge in [-0.1, -0.05) is 177 Å². The molecular weight excluding hydrogens is 863 g/mol. The number of hydrogen-bond acceptors (Lipinski definition) is 3. The molecule has 71 heavy (non-hydrogen) atoms. The third-order valence-corrected chi connectivity index (χ3v) is 17.0. The molecule has 2 heterocycles. The number of para-hydroxylation sites is 2. The van der Waals surface area contributed by atoms with Crippen molar-refractivity contribution in [1.29, 1.82) is 0 Å². The van der Waals surface area contributed by atoms with Crippen LogP contribution in [0.4, 0.5) is 17.1 Å². The molecule has 0 spiro atoms. The number of nitrogens with zero attached hydrogens (tertiary/aromatic N) is 1. The van der Waals surface area contributed by atoms with E-state index in [2.05, 4.69) is 238 Å². The molecule has 346 valence electrons. The van der Waals surface area contributed by atoms with Gasteiger partial charge in [0.15, 0.2) is 0 Å². The molecule has 0 bridgehead atoms. The summed E-state index contributed by atoms with van der Waals surface area (Å²) >= 11 is 0. The van der Waals surface area contributed by atoms with E-state index in [1.807, 2.05) is 0 Å². The molecule has 0 saturated heterocycles. The van der Waals surface area contributed by atoms with E-state index in [0.29, 0.717) is 0 Å². The van der Waals surface area contributed by atoms with Gasteiger partial charge in [-0.2, -0.15) is 0 Å². The molecule has 3 aliphatic carbocycles. The molecule has 9 aromatic carbocycles. The van der Waals surface area contributed by atoms with Crippen molar-refractivity contribution in [1.82, 2.24) is 0 Å². The normalized spacial score (nSPS) is 15.5. The second-order valence-electron chi connectivity index (χ2n) is 23.3. The molecule has 3 aliphatic rings. The third-order valence-electron chi connectivity index (χ3n) is 17.0. The first-order chi connectivity index (χ1) is 34.0. The van der Waals surface area contributed by atoms with Crippen LogP contribution in [-0.2, 0) is 21.7 Å². The summed E-state index contributed by atoms with van der Waals surface area (Å²) in [5, 5.41) is 4.74. The van der Waals surface area contributed by atoms with Gasteiger partial charge in [-0.05, 0) is 139 Å². The van der Waals surface area contributed by atoms with Crippen LogP contribution in [0.15, 0.2) is 173 Å². The van der Waals surface area contributed by atoms with Gasteiger partial charge in [-0.3, -0.25) is 0 Å². The Hall–Kier alpha value is -7.62. The molecule has 0 aliphatic heterocycles. The van der Waals surface area contributed by atoms with Gasteiger partial charge in [0.1, 0.15) is 22.3 Å². The van der Waals surface area contributed by atoms with Crippen LogP contribution in [0.1, 0.15) is 107 Å². The average Bonchev–Trinajstić information content (AvgIpc) is 4.11. The fourth-order valence-electron chi connectivity index (χ4n) is 13.4. The second kappa shape index (κ2) is 14.0. The van der Waals surface area contributed by atoms with Gasteiger partial charge in [-0.25, -0.2) is 0 Å². The summed E-state index contributed by atoms with van der Waals surface area (Å²) in [5.41, 5.74) is 27.0. The SMILES string of the molecule is Cc1ccc(-c2cc3c(c4c2oc2ccccc24)-c2ccc(N(c4ccc(C(C)(C)C)cc4)c4ccc5c(c4)C(C)(C)c4c6c(c7oc8ccccc8c7c4-5)-c4ccccc4C6(C)C)cc2C3(C)C)cc1. The van der Waals surface area contributed by atoms with Crippen molar-refractivity contribution in [3.05, 3.63) is 208 Å². The summed E-state index contributed by atoms with van der Waals surface area (Å²) in [5.74, 6) is 0. The van der Waals surface area contributed by atoms with Crippen molar-refractivity contribution in [2.45, 2.75) is 90.9 Å². The minimum atomic E-state index is -0.326. The first-order valence-electron chi connectivity index (χ1n) is 25.4. The monoisotopic (exact) mass is 919 g/mol. The number of hydrogen-bond donors (Lipinski definition) is 0. The van der Waals surface area contributed by atoms with E-state index < -0.39 is 0 Å². The molecule has 0 amide bonds. The van der Waals surface area contributed by atoms with E-state index in [0.717, 1.165) is 50.3 Å². The standard InChI is InChI=1S/C68H57NO2/c1-38-23-25-39(26-24-38)49-37-53-56(58-47-18-12-15-21-54(47)70-63(49)58)45-33-31-42(35-51(45)66(53,5)6)69(41-29-27-40(28-30-41)65(2,3)4)43-32-34-46-52(36-43)68(9,10)61-57(46)59-48-19-13-16-22-55(48)71-64(59)60-44-17-11-14-20-50(44)67(7,8)62(60)61/h11-37H,1-10H3. The molecule has 0 atom stereocenters. The van der Waals surface area contributed by atoms with Crippen LogP contribution < -0.4 is 4.90 Å². The van der Waals surface area contributed by atoms with Crippen LogP contribution in [0.3, 0.4) is 0 Å². The molecule has 0 unspecified atom stereocenters. The Morgan fingerprint density at radius 3 is 1.56 bits per heavy atom. The van der Waals surface area contributed by atoms with Gasteiger partial charge < -0.3 is 13.7 Å². The van der Waals surface area contributed by atoms with Gasteiger partial charge in [-0.15, -0.1) is 0 Å². The highest BCUT2D eigenvalue weighted by molar-refractivity contribution is 6.21. The molecule has 2 aromatic heterocycles. The summed E-state index contributed by atoms with van der Waals surface area (Å²) < 4.78 is 13.8. The van der Waals surface area contributed by atoms with Crippen molar-refractivity contribution in [2.75, 3.05) is 4.90 Å². The summed E-state index contributed by atoms with van der Waals surface area (Å²) in [6.07, 6.45) is 0. The molecule has 3 nitrogen and oxygen atoms in total. The molecule has 3 heteroatoms. The molecule has 0 fully saturated rings. The van der Waals surface area contributed by atoms with Crippen LogP contribution in [0.2, 0.25) is 0 Å². The van der Waals surface area contributed by atoms with Crippen molar-refractivity contribution < 1.29 is 8.83 Å². The van der Waals surface area contributed by atoms with Crippen LogP contribution in [-0.4, -0.2) is 0 Å². The zero-order chi connectivity index (χ0) is 48.7. The second-order valence-corrected chi connectivity index (χ2v) is 23.3. The van der Waals surface area contributed by atoms with Crippen LogP contribution in [0.5, 0.6) is 0 Å². The zero-order valence-corrected chi connectivity index (χ0v) is 42.4. The van der Waals surface area contributed by atoms with E-state index in [-0.39, 0.29) is 21.7 Å². The highest BCUT2D eigenvalue weighted by atomic mass is 16.3. The van der Waals surface area contributed by atoms with E-state index in [4.69, 9.17) is 8.83 Å². The topological polar surface area (TPSA) is 29.5 Å². The Labute approximate surface area is 416 Å². The maximum atomic E-state index is 7.00. The van der Waals surface area contributed by atoms with Gasteiger partial charge in [0.2, 0.25) is 0 Å². The van der Waals surface area contributed by atoms with Crippen LogP contribution in [0.25, 0.3) is 88.4 Å². The Kier molecular flexibility index (Phi) is 8.36. The lowest BCUT2D eigenvalue weighted by atomic mass is 9.72. The molecular formula is C68H57NO2. The van der Waals surface area contributed by atoms with Crippen molar-refractivity contribution in [3.63, 3.8) is 0 Å². The van der Waals surface area contributed by atoms with E-state index in [1.165, 1.54) is 99.6 Å². The fraction of sp³-hybridized carbons (Fsp3) is 0.206. The molecule has 0 N–H and O–H groups in total. The summed E-state index contributed by atoms with van der Waals surface area (Å²) in [4.78, 5) is 2.50. The van der Waals surface area contributed by atoms with Gasteiger partial charge >= 0.3 is 0 Å². The number of anilines is 3. The lowest BCUT2D eigenvalue weighted by molar-refractivity contribution is 0.590. The predicted molar refractivity (Wildman–Crippen MR) is 297 cm³/mol. The predicted octanol–water partition coefficient (Wildman–Crippen LogP) is 19.1. The number of furan rings is 2. The maximum absolute atomic E-state index is 7.00. The molecule has 0 radical (unpaired) electrons. The first-order valence-corrected chi connectivity index (χ1v) is 25.4. The molecule has 0 saturated carbocycles. The lowest BCUT2D eigenvalue weighted by Crippen LogP contribution is -2.24. The largest absolute Gasteiger partial charge is 0.455 e. The summed E-state index contributed by atoms with van der Waals surface area (Å²) in [7, 11) is 0. The van der Waals surface area contributed by atoms with Gasteiger partial charge in [0.05, 0.1) is 0 Å². The maximum Gasteiger partial charge on any atom is 0.144 e. The van der Waals surface area contributed by atoms with E-state index in [9.17, 15) is 0 Å². The van der Waals surface area contributed by atoms with Crippen LogP contribution >= 0.6 is 0 Å². The molecule has 11 aromatic rings. The number of benzene rings is 9. The minimum absolute atomic E-state index is 0.0202.